The zero-order chi connectivity index (χ0) is 42.1. The maximum atomic E-state index is 13.7. The minimum atomic E-state index is -1.55. The van der Waals surface area contributed by atoms with Crippen LogP contribution in [-0.2, 0) is 58.9 Å². The Kier molecular flexibility index (Phi) is 13.9. The molecule has 0 unspecified atom stereocenters. The van der Waals surface area contributed by atoms with Crippen molar-refractivity contribution in [2.24, 2.45) is 27.1 Å². The summed E-state index contributed by atoms with van der Waals surface area (Å²) in [6.07, 6.45) is -7.29. The molecule has 308 valence electrons. The van der Waals surface area contributed by atoms with Gasteiger partial charge in [-0.15, -0.1) is 5.10 Å². The minimum absolute atomic E-state index is 0.0114. The SMILES string of the molecule is CC(C)(C)C(=O)OCCn1nc(O[C@@H]2O[C@H](COC(=O)C(C)(C)C)[C@@H](OC(=O)C(C)(C)C)[C@H](OC(=O)C(C)(C)C)[C@H]2OC(=O)C(C)(C)C)c2c(Br)cccc21. The third-order valence-corrected chi connectivity index (χ3v) is 8.88. The van der Waals surface area contributed by atoms with Gasteiger partial charge in [0.2, 0.25) is 18.3 Å². The number of hydrogen-bond donors (Lipinski definition) is 0. The molecule has 0 radical (unpaired) electrons. The molecule has 0 spiro atoms. The standard InChI is InChI=1S/C40H59BrN2O12/c1-36(2,3)31(44)49-20-19-43-23-18-16-17-22(41)25(23)29(42-43)55-30-28(54-35(48)40(13,14)15)27(53-34(47)39(10,11)12)26(52-33(46)38(7,8)9)24(51-30)21-50-32(45)37(4,5)6/h16-18,24,26-28,30H,19-21H2,1-15H3/t24-,26-,27+,28-,30+/m1/s1. The fourth-order valence-corrected chi connectivity index (χ4v) is 5.27. The van der Waals surface area contributed by atoms with E-state index < -0.39 is 88.3 Å². The second kappa shape index (κ2) is 16.8. The first-order valence-electron chi connectivity index (χ1n) is 18.4. The maximum absolute atomic E-state index is 13.7. The van der Waals surface area contributed by atoms with Gasteiger partial charge in [-0.1, -0.05) is 6.07 Å². The van der Waals surface area contributed by atoms with Crippen LogP contribution in [0, 0.1) is 27.1 Å². The van der Waals surface area contributed by atoms with Crippen LogP contribution in [0.5, 0.6) is 5.88 Å². The third kappa shape index (κ3) is 11.9. The van der Waals surface area contributed by atoms with Gasteiger partial charge in [0.25, 0.3) is 0 Å². The number of carbonyl (C=O) groups excluding carboxylic acids is 5. The first-order valence-corrected chi connectivity index (χ1v) is 19.2. The normalized spacial score (nSPS) is 21.1. The molecule has 3 rings (SSSR count). The summed E-state index contributed by atoms with van der Waals surface area (Å²) >= 11 is 3.59. The fourth-order valence-electron chi connectivity index (χ4n) is 4.74. The summed E-state index contributed by atoms with van der Waals surface area (Å²) in [4.78, 5) is 66.4. The van der Waals surface area contributed by atoms with Crippen molar-refractivity contribution >= 4 is 56.7 Å². The van der Waals surface area contributed by atoms with E-state index in [4.69, 9.17) is 38.3 Å². The van der Waals surface area contributed by atoms with Crippen molar-refractivity contribution < 1.29 is 57.1 Å². The van der Waals surface area contributed by atoms with Gasteiger partial charge in [-0.25, -0.2) is 0 Å². The first-order chi connectivity index (χ1) is 24.9. The summed E-state index contributed by atoms with van der Waals surface area (Å²) in [5.41, 5.74) is -4.10. The number of esters is 5. The quantitative estimate of drug-likeness (QED) is 0.178. The Morgan fingerprint density at radius 2 is 1.11 bits per heavy atom. The van der Waals surface area contributed by atoms with E-state index in [1.807, 2.05) is 0 Å². The molecule has 0 saturated carbocycles. The van der Waals surface area contributed by atoms with Crippen molar-refractivity contribution in [1.29, 1.82) is 0 Å². The topological polar surface area (TPSA) is 168 Å². The van der Waals surface area contributed by atoms with Crippen LogP contribution in [0.1, 0.15) is 104 Å². The van der Waals surface area contributed by atoms with E-state index in [0.29, 0.717) is 15.4 Å². The molecule has 1 saturated heterocycles. The largest absolute Gasteiger partial charge is 0.463 e. The fraction of sp³-hybridized carbons (Fsp3) is 0.700. The van der Waals surface area contributed by atoms with Gasteiger partial charge in [0.1, 0.15) is 19.3 Å². The number of hydrogen-bond acceptors (Lipinski definition) is 13. The molecule has 0 aliphatic carbocycles. The lowest BCUT2D eigenvalue weighted by Crippen LogP contribution is -2.65. The van der Waals surface area contributed by atoms with Crippen LogP contribution in [-0.4, -0.2) is 83.5 Å². The number of rotatable bonds is 10. The summed E-state index contributed by atoms with van der Waals surface area (Å²) in [7, 11) is 0. The Hall–Kier alpha value is -3.72. The van der Waals surface area contributed by atoms with Crippen LogP contribution in [0.3, 0.4) is 0 Å². The van der Waals surface area contributed by atoms with E-state index in [-0.39, 0.29) is 25.0 Å². The van der Waals surface area contributed by atoms with Gasteiger partial charge in [-0.3, -0.25) is 28.7 Å². The summed E-state index contributed by atoms with van der Waals surface area (Å²) < 4.78 is 44.6. The molecular weight excluding hydrogens is 780 g/mol. The van der Waals surface area contributed by atoms with E-state index >= 15 is 0 Å². The highest BCUT2D eigenvalue weighted by Crippen LogP contribution is 2.38. The summed E-state index contributed by atoms with van der Waals surface area (Å²) in [5.74, 6) is -2.98. The van der Waals surface area contributed by atoms with Crippen LogP contribution >= 0.6 is 15.9 Å². The molecule has 14 nitrogen and oxygen atoms in total. The van der Waals surface area contributed by atoms with Crippen LogP contribution < -0.4 is 4.74 Å². The molecule has 1 aliphatic heterocycles. The molecule has 2 aromatic rings. The van der Waals surface area contributed by atoms with Crippen molar-refractivity contribution in [2.75, 3.05) is 13.2 Å². The molecule has 0 amide bonds. The Morgan fingerprint density at radius 3 is 1.60 bits per heavy atom. The van der Waals surface area contributed by atoms with Crippen molar-refractivity contribution in [3.8, 4) is 5.88 Å². The number of halogens is 1. The maximum Gasteiger partial charge on any atom is 0.311 e. The molecule has 1 aromatic carbocycles. The molecule has 1 fully saturated rings. The molecule has 15 heteroatoms. The molecule has 0 bridgehead atoms. The van der Waals surface area contributed by atoms with Crippen molar-refractivity contribution in [3.05, 3.63) is 22.7 Å². The van der Waals surface area contributed by atoms with Gasteiger partial charge < -0.3 is 33.2 Å². The molecule has 2 heterocycles. The predicted octanol–water partition coefficient (Wildman–Crippen LogP) is 6.95. The van der Waals surface area contributed by atoms with Gasteiger partial charge >= 0.3 is 29.8 Å². The van der Waals surface area contributed by atoms with Gasteiger partial charge in [0, 0.05) is 4.47 Å². The van der Waals surface area contributed by atoms with Gasteiger partial charge in [0.05, 0.1) is 44.5 Å². The lowest BCUT2D eigenvalue weighted by molar-refractivity contribution is -0.294. The number of benzene rings is 1. The third-order valence-electron chi connectivity index (χ3n) is 8.22. The van der Waals surface area contributed by atoms with Crippen LogP contribution in [0.15, 0.2) is 22.7 Å². The van der Waals surface area contributed by atoms with Gasteiger partial charge in [-0.05, 0) is 132 Å². The smallest absolute Gasteiger partial charge is 0.311 e. The van der Waals surface area contributed by atoms with E-state index in [1.165, 1.54) is 0 Å². The van der Waals surface area contributed by atoms with Crippen molar-refractivity contribution in [3.63, 3.8) is 0 Å². The van der Waals surface area contributed by atoms with Crippen molar-refractivity contribution in [1.82, 2.24) is 9.78 Å². The molecule has 0 N–H and O–H groups in total. The van der Waals surface area contributed by atoms with Gasteiger partial charge in [0.15, 0.2) is 12.2 Å². The lowest BCUT2D eigenvalue weighted by atomic mass is 9.93. The molecule has 55 heavy (non-hydrogen) atoms. The predicted molar refractivity (Wildman–Crippen MR) is 206 cm³/mol. The lowest BCUT2D eigenvalue weighted by Gasteiger charge is -2.45. The average molecular weight is 840 g/mol. The highest BCUT2D eigenvalue weighted by Gasteiger charge is 2.56. The highest BCUT2D eigenvalue weighted by molar-refractivity contribution is 9.10. The Labute approximate surface area is 332 Å². The Morgan fingerprint density at radius 1 is 0.655 bits per heavy atom. The summed E-state index contributed by atoms with van der Waals surface area (Å²) in [6, 6.07) is 5.38. The molecule has 5 atom stereocenters. The molecule has 1 aliphatic rings. The summed E-state index contributed by atoms with van der Waals surface area (Å²) in [6.45, 7) is 24.9. The van der Waals surface area contributed by atoms with E-state index in [2.05, 4.69) is 15.9 Å². The van der Waals surface area contributed by atoms with Crippen LogP contribution in [0.2, 0.25) is 0 Å². The van der Waals surface area contributed by atoms with Crippen molar-refractivity contribution in [2.45, 2.75) is 141 Å². The second-order valence-corrected chi connectivity index (χ2v) is 19.8. The molecular formula is C40H59BrN2O12. The Balaban J connectivity index is 2.23. The second-order valence-electron chi connectivity index (χ2n) is 18.9. The van der Waals surface area contributed by atoms with E-state index in [1.54, 1.807) is 127 Å². The van der Waals surface area contributed by atoms with Crippen LogP contribution in [0.4, 0.5) is 0 Å². The number of fused-ring (bicyclic) bond motifs is 1. The monoisotopic (exact) mass is 838 g/mol. The Bertz CT molecular complexity index is 1730. The number of aromatic nitrogens is 2. The first kappa shape index (κ1) is 45.7. The number of nitrogens with zero attached hydrogens (tertiary/aromatic N) is 2. The van der Waals surface area contributed by atoms with E-state index in [0.717, 1.165) is 0 Å². The van der Waals surface area contributed by atoms with Gasteiger partial charge in [-0.2, -0.15) is 0 Å². The van der Waals surface area contributed by atoms with Crippen LogP contribution in [0.25, 0.3) is 10.9 Å². The number of carbonyl (C=O) groups is 5. The average Bonchev–Trinajstić information content (AvgIpc) is 3.37. The van der Waals surface area contributed by atoms with E-state index in [9.17, 15) is 24.0 Å². The minimum Gasteiger partial charge on any atom is -0.463 e. The zero-order valence-corrected chi connectivity index (χ0v) is 36.5. The highest BCUT2D eigenvalue weighted by atomic mass is 79.9. The summed E-state index contributed by atoms with van der Waals surface area (Å²) in [5, 5.41) is 5.20. The number of ether oxygens (including phenoxy) is 7. The molecule has 1 aromatic heterocycles. The zero-order valence-electron chi connectivity index (χ0n) is 34.9.